The number of sulfonamides is 1. The molecule has 1 aliphatic rings. The van der Waals surface area contributed by atoms with E-state index in [2.05, 4.69) is 27.6 Å². The molecule has 0 bridgehead atoms. The Morgan fingerprint density at radius 1 is 1.03 bits per heavy atom. The molecule has 1 aromatic heterocycles. The smallest absolute Gasteiger partial charge is 0.261 e. The topological polar surface area (TPSA) is 59.3 Å². The van der Waals surface area contributed by atoms with Crippen molar-refractivity contribution in [1.29, 1.82) is 0 Å². The molecule has 0 spiro atoms. The van der Waals surface area contributed by atoms with Crippen molar-refractivity contribution in [3.63, 3.8) is 0 Å². The third-order valence-electron chi connectivity index (χ3n) is 5.67. The third-order valence-corrected chi connectivity index (χ3v) is 7.58. The van der Waals surface area contributed by atoms with Crippen LogP contribution in [0, 0.1) is 5.92 Å². The van der Waals surface area contributed by atoms with Gasteiger partial charge in [0.2, 0.25) is 0 Å². The lowest BCUT2D eigenvalue weighted by molar-refractivity contribution is 0.427. The quantitative estimate of drug-likeness (QED) is 0.384. The van der Waals surface area contributed by atoms with Crippen LogP contribution in [0.15, 0.2) is 68.4 Å². The molecule has 0 saturated heterocycles. The van der Waals surface area contributed by atoms with Crippen molar-refractivity contribution >= 4 is 53.4 Å². The molecule has 4 aromatic rings. The normalized spacial score (nSPS) is 16.8. The summed E-state index contributed by atoms with van der Waals surface area (Å²) in [5, 5.41) is 2.78. The lowest BCUT2D eigenvalue weighted by Crippen LogP contribution is -2.13. The van der Waals surface area contributed by atoms with Crippen LogP contribution in [0.1, 0.15) is 24.7 Å². The molecule has 3 aromatic carbocycles. The second-order valence-electron chi connectivity index (χ2n) is 7.76. The van der Waals surface area contributed by atoms with Gasteiger partial charge in [-0.1, -0.05) is 47.1 Å². The van der Waals surface area contributed by atoms with Crippen molar-refractivity contribution in [3.05, 3.63) is 70.4 Å². The maximum absolute atomic E-state index is 13.0. The van der Waals surface area contributed by atoms with Crippen LogP contribution < -0.4 is 4.72 Å². The van der Waals surface area contributed by atoms with E-state index < -0.39 is 10.0 Å². The van der Waals surface area contributed by atoms with E-state index in [1.54, 1.807) is 24.3 Å². The van der Waals surface area contributed by atoms with Gasteiger partial charge in [-0.2, -0.15) is 0 Å². The maximum atomic E-state index is 13.0. The first-order valence-corrected chi connectivity index (χ1v) is 11.9. The molecule has 4 nitrogen and oxygen atoms in total. The fraction of sp³-hybridized carbons (Fsp3) is 0.217. The molecule has 1 unspecified atom stereocenters. The summed E-state index contributed by atoms with van der Waals surface area (Å²) in [5.74, 6) is 1.64. The van der Waals surface area contributed by atoms with Gasteiger partial charge in [-0.3, -0.25) is 4.72 Å². The molecule has 1 N–H and O–H groups in total. The number of benzene rings is 3. The number of aryl methyl sites for hydroxylation is 1. The van der Waals surface area contributed by atoms with Crippen molar-refractivity contribution in [1.82, 2.24) is 0 Å². The van der Waals surface area contributed by atoms with Crippen LogP contribution in [0.2, 0.25) is 0 Å². The van der Waals surface area contributed by atoms with E-state index in [1.807, 2.05) is 30.3 Å². The SMILES string of the molecule is CC1CCc2c(oc3c2cc(NS(=O)(=O)c2ccc(Br)cc2)c2ccccc23)C1. The summed E-state index contributed by atoms with van der Waals surface area (Å²) >= 11 is 3.35. The first-order chi connectivity index (χ1) is 13.9. The van der Waals surface area contributed by atoms with Gasteiger partial charge in [0.1, 0.15) is 11.3 Å². The fourth-order valence-electron chi connectivity index (χ4n) is 4.17. The van der Waals surface area contributed by atoms with Crippen LogP contribution >= 0.6 is 15.9 Å². The Labute approximate surface area is 178 Å². The van der Waals surface area contributed by atoms with Gasteiger partial charge < -0.3 is 4.42 Å². The van der Waals surface area contributed by atoms with Crippen LogP contribution in [-0.2, 0) is 22.9 Å². The molecule has 0 radical (unpaired) electrons. The minimum absolute atomic E-state index is 0.230. The highest BCUT2D eigenvalue weighted by Gasteiger charge is 2.25. The summed E-state index contributed by atoms with van der Waals surface area (Å²) in [6, 6.07) is 16.4. The van der Waals surface area contributed by atoms with Crippen LogP contribution in [-0.4, -0.2) is 8.42 Å². The number of halogens is 1. The number of rotatable bonds is 3. The Bertz CT molecular complexity index is 1340. The minimum Gasteiger partial charge on any atom is -0.460 e. The number of fused-ring (bicyclic) bond motifs is 5. The number of hydrogen-bond donors (Lipinski definition) is 1. The first-order valence-electron chi connectivity index (χ1n) is 9.67. The summed E-state index contributed by atoms with van der Waals surface area (Å²) in [5.41, 5.74) is 2.65. The molecular formula is C23H20BrNO3S. The zero-order valence-electron chi connectivity index (χ0n) is 15.9. The molecular weight excluding hydrogens is 450 g/mol. The zero-order chi connectivity index (χ0) is 20.2. The summed E-state index contributed by atoms with van der Waals surface area (Å²) in [6.07, 6.45) is 3.01. The van der Waals surface area contributed by atoms with Gasteiger partial charge in [0.15, 0.2) is 0 Å². The molecule has 0 amide bonds. The van der Waals surface area contributed by atoms with E-state index in [1.165, 1.54) is 5.56 Å². The van der Waals surface area contributed by atoms with Crippen LogP contribution in [0.4, 0.5) is 5.69 Å². The van der Waals surface area contributed by atoms with E-state index in [9.17, 15) is 8.42 Å². The fourth-order valence-corrected chi connectivity index (χ4v) is 5.50. The highest BCUT2D eigenvalue weighted by Crippen LogP contribution is 2.40. The van der Waals surface area contributed by atoms with Crippen molar-refractivity contribution < 1.29 is 12.8 Å². The van der Waals surface area contributed by atoms with Gasteiger partial charge in [-0.15, -0.1) is 0 Å². The second-order valence-corrected chi connectivity index (χ2v) is 10.4. The van der Waals surface area contributed by atoms with Gasteiger partial charge in [0, 0.05) is 32.6 Å². The molecule has 1 atom stereocenters. The highest BCUT2D eigenvalue weighted by atomic mass is 79.9. The van der Waals surface area contributed by atoms with Crippen LogP contribution in [0.3, 0.4) is 0 Å². The number of anilines is 1. The molecule has 1 aliphatic carbocycles. The summed E-state index contributed by atoms with van der Waals surface area (Å²) in [4.78, 5) is 0.230. The average Bonchev–Trinajstić information content (AvgIpc) is 3.06. The molecule has 0 fully saturated rings. The lowest BCUT2D eigenvalue weighted by Gasteiger charge is -2.16. The summed E-state index contributed by atoms with van der Waals surface area (Å²) in [6.45, 7) is 2.24. The van der Waals surface area contributed by atoms with Crippen LogP contribution in [0.5, 0.6) is 0 Å². The third kappa shape index (κ3) is 3.24. The number of furan rings is 1. The van der Waals surface area contributed by atoms with Gasteiger partial charge in [-0.25, -0.2) is 8.42 Å². The minimum atomic E-state index is -3.70. The highest BCUT2D eigenvalue weighted by molar-refractivity contribution is 9.10. The molecule has 5 rings (SSSR count). The number of hydrogen-bond acceptors (Lipinski definition) is 3. The molecule has 1 heterocycles. The van der Waals surface area contributed by atoms with Crippen molar-refractivity contribution in [2.75, 3.05) is 4.72 Å². The Balaban J connectivity index is 1.69. The van der Waals surface area contributed by atoms with E-state index in [0.29, 0.717) is 11.6 Å². The van der Waals surface area contributed by atoms with Gasteiger partial charge in [0.25, 0.3) is 10.0 Å². The molecule has 0 saturated carbocycles. The van der Waals surface area contributed by atoms with Crippen molar-refractivity contribution in [2.45, 2.75) is 31.1 Å². The molecule has 6 heteroatoms. The summed E-state index contributed by atoms with van der Waals surface area (Å²) in [7, 11) is -3.70. The monoisotopic (exact) mass is 469 g/mol. The summed E-state index contributed by atoms with van der Waals surface area (Å²) < 4.78 is 35.9. The number of nitrogens with one attached hydrogen (secondary N) is 1. The molecule has 29 heavy (non-hydrogen) atoms. The van der Waals surface area contributed by atoms with Crippen LogP contribution in [0.25, 0.3) is 21.7 Å². The second kappa shape index (κ2) is 6.89. The molecule has 148 valence electrons. The van der Waals surface area contributed by atoms with Gasteiger partial charge in [0.05, 0.1) is 10.6 Å². The lowest BCUT2D eigenvalue weighted by atomic mass is 9.88. The largest absolute Gasteiger partial charge is 0.460 e. The average molecular weight is 470 g/mol. The van der Waals surface area contributed by atoms with E-state index in [4.69, 9.17) is 4.42 Å². The van der Waals surface area contributed by atoms with E-state index in [0.717, 1.165) is 51.2 Å². The van der Waals surface area contributed by atoms with Crippen molar-refractivity contribution in [3.8, 4) is 0 Å². The first kappa shape index (κ1) is 18.7. The Morgan fingerprint density at radius 2 is 1.76 bits per heavy atom. The Kier molecular flexibility index (Phi) is 4.44. The standard InChI is InChI=1S/C23H20BrNO3S/c1-14-6-11-18-20-13-21(25-29(26,27)16-9-7-15(24)8-10-16)17-4-2-3-5-19(17)23(20)28-22(18)12-14/h2-5,7-10,13-14,25H,6,11-12H2,1H3. The Hall–Kier alpha value is -2.31. The maximum Gasteiger partial charge on any atom is 0.261 e. The predicted molar refractivity (Wildman–Crippen MR) is 120 cm³/mol. The van der Waals surface area contributed by atoms with Crippen molar-refractivity contribution in [2.24, 2.45) is 5.92 Å². The van der Waals surface area contributed by atoms with E-state index >= 15 is 0 Å². The van der Waals surface area contributed by atoms with E-state index in [-0.39, 0.29) is 4.90 Å². The van der Waals surface area contributed by atoms with Gasteiger partial charge in [-0.05, 0) is 49.1 Å². The predicted octanol–water partition coefficient (Wildman–Crippen LogP) is 6.27. The zero-order valence-corrected chi connectivity index (χ0v) is 18.3. The van der Waals surface area contributed by atoms with Gasteiger partial charge >= 0.3 is 0 Å². The Morgan fingerprint density at radius 3 is 2.52 bits per heavy atom. The molecule has 0 aliphatic heterocycles.